The third-order valence-electron chi connectivity index (χ3n) is 8.66. The Morgan fingerprint density at radius 3 is 2.83 bits per heavy atom. The molecule has 0 aromatic heterocycles. The first-order valence-corrected chi connectivity index (χ1v) is 11.3. The Bertz CT molecular complexity index is 826. The van der Waals surface area contributed by atoms with E-state index < -0.39 is 11.0 Å². The molecule has 2 aliphatic heterocycles. The van der Waals surface area contributed by atoms with Gasteiger partial charge in [-0.2, -0.15) is 0 Å². The molecule has 3 aliphatic carbocycles. The molecule has 3 fully saturated rings. The molecular formula is C23H31NO5. The van der Waals surface area contributed by atoms with Crippen molar-refractivity contribution in [3.8, 4) is 11.5 Å². The van der Waals surface area contributed by atoms with Crippen molar-refractivity contribution in [2.24, 2.45) is 5.92 Å². The van der Waals surface area contributed by atoms with E-state index in [-0.39, 0.29) is 37.2 Å². The molecule has 1 saturated heterocycles. The second kappa shape index (κ2) is 6.33. The third-order valence-corrected chi connectivity index (χ3v) is 8.66. The highest BCUT2D eigenvalue weighted by Gasteiger charge is 2.73. The maximum atomic E-state index is 12.3. The summed E-state index contributed by atoms with van der Waals surface area (Å²) >= 11 is 0. The molecular weight excluding hydrogens is 370 g/mol. The van der Waals surface area contributed by atoms with E-state index in [4.69, 9.17) is 9.47 Å². The summed E-state index contributed by atoms with van der Waals surface area (Å²) in [6.45, 7) is 2.27. The number of benzene rings is 1. The zero-order chi connectivity index (χ0) is 19.8. The van der Waals surface area contributed by atoms with Crippen LogP contribution in [0.3, 0.4) is 0 Å². The molecule has 1 aromatic rings. The summed E-state index contributed by atoms with van der Waals surface area (Å²) in [6.07, 6.45) is 6.47. The second-order valence-corrected chi connectivity index (χ2v) is 9.82. The van der Waals surface area contributed by atoms with Gasteiger partial charge in [0.1, 0.15) is 6.10 Å². The molecule has 0 amide bonds. The van der Waals surface area contributed by atoms with Crippen LogP contribution in [0.25, 0.3) is 0 Å². The maximum Gasteiger partial charge on any atom is 0.165 e. The fraction of sp³-hybridized carbons (Fsp3) is 0.739. The molecule has 2 bridgehead atoms. The number of nitrogens with zero attached hydrogens (tertiary/aromatic N) is 1. The Hall–Kier alpha value is -1.34. The number of aromatic hydroxyl groups is 1. The topological polar surface area (TPSA) is 82.4 Å². The Morgan fingerprint density at radius 1 is 1.21 bits per heavy atom. The molecule has 0 radical (unpaired) electrons. The summed E-state index contributed by atoms with van der Waals surface area (Å²) < 4.78 is 12.4. The van der Waals surface area contributed by atoms with Gasteiger partial charge in [-0.15, -0.1) is 0 Å². The molecule has 2 saturated carbocycles. The lowest BCUT2D eigenvalue weighted by molar-refractivity contribution is -0.217. The van der Waals surface area contributed by atoms with Crippen molar-refractivity contribution < 1.29 is 24.8 Å². The first kappa shape index (κ1) is 18.4. The van der Waals surface area contributed by atoms with Gasteiger partial charge < -0.3 is 24.8 Å². The Labute approximate surface area is 171 Å². The van der Waals surface area contributed by atoms with Crippen LogP contribution in [-0.2, 0) is 16.6 Å². The predicted octanol–water partition coefficient (Wildman–Crippen LogP) is 1.72. The minimum atomic E-state index is -0.870. The highest BCUT2D eigenvalue weighted by Crippen LogP contribution is 2.65. The number of hydrogen-bond acceptors (Lipinski definition) is 6. The number of phenols is 1. The van der Waals surface area contributed by atoms with Crippen molar-refractivity contribution in [1.82, 2.24) is 4.90 Å². The van der Waals surface area contributed by atoms with Gasteiger partial charge in [0.2, 0.25) is 0 Å². The molecule has 6 rings (SSSR count). The molecule has 5 aliphatic rings. The summed E-state index contributed by atoms with van der Waals surface area (Å²) in [5, 5.41) is 32.2. The van der Waals surface area contributed by atoms with Crippen LogP contribution in [0.5, 0.6) is 11.5 Å². The van der Waals surface area contributed by atoms with Gasteiger partial charge in [0, 0.05) is 18.2 Å². The van der Waals surface area contributed by atoms with Crippen molar-refractivity contribution in [1.29, 1.82) is 0 Å². The molecule has 6 heteroatoms. The quantitative estimate of drug-likeness (QED) is 0.697. The monoisotopic (exact) mass is 401 g/mol. The number of phenolic OH excluding ortho intramolecular Hbond substituents is 1. The Kier molecular flexibility index (Phi) is 4.02. The number of hydrogen-bond donors (Lipinski definition) is 3. The minimum absolute atomic E-state index is 0.0261. The van der Waals surface area contributed by atoms with Gasteiger partial charge in [0.15, 0.2) is 11.5 Å². The van der Waals surface area contributed by atoms with Gasteiger partial charge in [0.05, 0.1) is 30.3 Å². The average molecular weight is 402 g/mol. The minimum Gasteiger partial charge on any atom is -0.504 e. The average Bonchev–Trinajstić information content (AvgIpc) is 3.03. The van der Waals surface area contributed by atoms with E-state index in [2.05, 4.69) is 4.90 Å². The molecule has 6 nitrogen and oxygen atoms in total. The summed E-state index contributed by atoms with van der Waals surface area (Å²) in [6, 6.07) is 3.85. The Balaban J connectivity index is 1.46. The number of aliphatic hydroxyl groups excluding tert-OH is 1. The van der Waals surface area contributed by atoms with E-state index in [1.807, 2.05) is 6.07 Å². The van der Waals surface area contributed by atoms with Crippen molar-refractivity contribution in [2.75, 3.05) is 26.3 Å². The van der Waals surface area contributed by atoms with Gasteiger partial charge in [-0.1, -0.05) is 12.5 Å². The van der Waals surface area contributed by atoms with Crippen molar-refractivity contribution in [3.63, 3.8) is 0 Å². The van der Waals surface area contributed by atoms with E-state index in [0.29, 0.717) is 18.6 Å². The van der Waals surface area contributed by atoms with Crippen LogP contribution < -0.4 is 4.74 Å². The molecule has 2 heterocycles. The van der Waals surface area contributed by atoms with Crippen LogP contribution in [0.4, 0.5) is 0 Å². The van der Waals surface area contributed by atoms with E-state index in [0.717, 1.165) is 37.4 Å². The lowest BCUT2D eigenvalue weighted by atomic mass is 9.48. The van der Waals surface area contributed by atoms with Crippen LogP contribution in [0.15, 0.2) is 12.1 Å². The molecule has 1 spiro atoms. The van der Waals surface area contributed by atoms with Gasteiger partial charge in [0.25, 0.3) is 0 Å². The van der Waals surface area contributed by atoms with Crippen LogP contribution in [0.1, 0.15) is 49.7 Å². The lowest BCUT2D eigenvalue weighted by Crippen LogP contribution is -2.77. The number of likely N-dealkylation sites (tertiary alicyclic amines) is 1. The van der Waals surface area contributed by atoms with Crippen molar-refractivity contribution >= 4 is 0 Å². The largest absolute Gasteiger partial charge is 0.504 e. The van der Waals surface area contributed by atoms with Crippen LogP contribution in [0.2, 0.25) is 0 Å². The molecule has 29 heavy (non-hydrogen) atoms. The zero-order valence-electron chi connectivity index (χ0n) is 16.8. The van der Waals surface area contributed by atoms with Gasteiger partial charge in [-0.05, 0) is 62.6 Å². The third kappa shape index (κ3) is 2.26. The Morgan fingerprint density at radius 2 is 2.07 bits per heavy atom. The molecule has 2 unspecified atom stereocenters. The van der Waals surface area contributed by atoms with Gasteiger partial charge >= 0.3 is 0 Å². The number of aliphatic hydroxyl groups is 2. The summed E-state index contributed by atoms with van der Waals surface area (Å²) in [5.74, 6) is 1.48. The molecule has 158 valence electrons. The molecule has 3 N–H and O–H groups in total. The second-order valence-electron chi connectivity index (χ2n) is 9.82. The first-order valence-electron chi connectivity index (χ1n) is 11.3. The van der Waals surface area contributed by atoms with E-state index in [1.165, 1.54) is 24.8 Å². The number of piperidine rings is 1. The lowest BCUT2D eigenvalue weighted by Gasteiger charge is -2.64. The first-order chi connectivity index (χ1) is 14.1. The SMILES string of the molecule is OCCOC1CC[C@@]2(O)[C@H]3Cc4ccc(O)c5c4[C@@]2(CCN3CC2CCC2)C1O5. The molecule has 5 atom stereocenters. The zero-order valence-corrected chi connectivity index (χ0v) is 16.8. The van der Waals surface area contributed by atoms with E-state index in [1.54, 1.807) is 6.07 Å². The standard InChI is InChI=1S/C23H31NO5/c25-10-11-28-17-6-7-23(27)18-12-15-4-5-16(26)20-19(15)22(23,21(17)29-20)8-9-24(18)13-14-2-1-3-14/h4-5,14,17-18,21,25-27H,1-3,6-13H2/t17?,18-,21?,22+,23-/m1/s1. The normalized spacial score (nSPS) is 40.3. The van der Waals surface area contributed by atoms with Crippen molar-refractivity contribution in [2.45, 2.75) is 74.2 Å². The summed E-state index contributed by atoms with van der Waals surface area (Å²) in [5.41, 5.74) is 0.830. The van der Waals surface area contributed by atoms with E-state index >= 15 is 0 Å². The number of ether oxygens (including phenoxy) is 2. The fourth-order valence-corrected chi connectivity index (χ4v) is 7.19. The van der Waals surface area contributed by atoms with Gasteiger partial charge in [-0.3, -0.25) is 4.90 Å². The predicted molar refractivity (Wildman–Crippen MR) is 106 cm³/mol. The highest BCUT2D eigenvalue weighted by molar-refractivity contribution is 5.62. The van der Waals surface area contributed by atoms with Crippen LogP contribution in [0, 0.1) is 5.92 Å². The van der Waals surface area contributed by atoms with Crippen molar-refractivity contribution in [3.05, 3.63) is 23.3 Å². The van der Waals surface area contributed by atoms with E-state index in [9.17, 15) is 15.3 Å². The summed E-state index contributed by atoms with van der Waals surface area (Å²) in [7, 11) is 0. The fourth-order valence-electron chi connectivity index (χ4n) is 7.19. The number of rotatable bonds is 5. The maximum absolute atomic E-state index is 12.3. The van der Waals surface area contributed by atoms with Crippen LogP contribution >= 0.6 is 0 Å². The smallest absolute Gasteiger partial charge is 0.165 e. The van der Waals surface area contributed by atoms with Crippen LogP contribution in [-0.4, -0.2) is 70.4 Å². The molecule has 1 aromatic carbocycles. The van der Waals surface area contributed by atoms with Gasteiger partial charge in [-0.25, -0.2) is 0 Å². The summed E-state index contributed by atoms with van der Waals surface area (Å²) in [4.78, 5) is 2.55. The highest BCUT2D eigenvalue weighted by atomic mass is 16.6.